The molecule has 3 heterocycles. The number of aromatic nitrogens is 5. The predicted octanol–water partition coefficient (Wildman–Crippen LogP) is 5.63. The lowest BCUT2D eigenvalue weighted by Crippen LogP contribution is -2.19. The maximum atomic E-state index is 14.6. The van der Waals surface area contributed by atoms with Crippen molar-refractivity contribution in [2.24, 2.45) is 0 Å². The molecule has 0 aliphatic heterocycles. The van der Waals surface area contributed by atoms with E-state index in [2.05, 4.69) is 40.9 Å². The first kappa shape index (κ1) is 22.8. The summed E-state index contributed by atoms with van der Waals surface area (Å²) < 4.78 is 14.6. The Morgan fingerprint density at radius 3 is 2.28 bits per heavy atom. The molecule has 0 atom stereocenters. The third-order valence-electron chi connectivity index (χ3n) is 5.41. The van der Waals surface area contributed by atoms with Gasteiger partial charge in [-0.15, -0.1) is 0 Å². The molecule has 3 N–H and O–H groups in total. The molecule has 36 heavy (non-hydrogen) atoms. The van der Waals surface area contributed by atoms with Crippen molar-refractivity contribution in [3.8, 4) is 11.3 Å². The Bertz CT molecular complexity index is 1560. The highest BCUT2D eigenvalue weighted by Crippen LogP contribution is 2.26. The first-order valence-corrected chi connectivity index (χ1v) is 11.1. The fourth-order valence-electron chi connectivity index (χ4n) is 3.50. The minimum Gasteiger partial charge on any atom is -0.324 e. The number of amides is 2. The van der Waals surface area contributed by atoms with Crippen LogP contribution in [0.25, 0.3) is 22.3 Å². The fraction of sp³-hybridized carbons (Fsp3) is 0.0769. The van der Waals surface area contributed by atoms with Gasteiger partial charge in [-0.1, -0.05) is 6.07 Å². The van der Waals surface area contributed by atoms with E-state index < -0.39 is 5.82 Å². The second kappa shape index (κ2) is 9.71. The Morgan fingerprint density at radius 1 is 0.806 bits per heavy atom. The zero-order valence-corrected chi connectivity index (χ0v) is 19.5. The summed E-state index contributed by atoms with van der Waals surface area (Å²) in [5.41, 5.74) is 5.63. The van der Waals surface area contributed by atoms with Gasteiger partial charge < -0.3 is 16.0 Å². The van der Waals surface area contributed by atoms with Gasteiger partial charge in [0.25, 0.3) is 0 Å². The van der Waals surface area contributed by atoms with Crippen molar-refractivity contribution in [3.63, 3.8) is 0 Å². The number of aryl methyl sites for hydroxylation is 2. The lowest BCUT2D eigenvalue weighted by molar-refractivity contribution is 0.262. The molecule has 0 bridgehead atoms. The van der Waals surface area contributed by atoms with E-state index in [0.29, 0.717) is 28.1 Å². The van der Waals surface area contributed by atoms with Gasteiger partial charge in [0.1, 0.15) is 5.69 Å². The molecule has 0 unspecified atom stereocenters. The summed E-state index contributed by atoms with van der Waals surface area (Å²) in [6, 6.07) is 15.4. The first-order chi connectivity index (χ1) is 17.4. The molecule has 0 saturated carbocycles. The van der Waals surface area contributed by atoms with Gasteiger partial charge in [0.2, 0.25) is 5.95 Å². The van der Waals surface area contributed by atoms with Gasteiger partial charge >= 0.3 is 6.03 Å². The molecule has 0 spiro atoms. The largest absolute Gasteiger partial charge is 0.324 e. The second-order valence-electron chi connectivity index (χ2n) is 8.01. The number of halogens is 1. The van der Waals surface area contributed by atoms with Crippen LogP contribution in [-0.2, 0) is 0 Å². The SMILES string of the molecule is Cc1nc2ccc(-c3nc(Nc4ccc(NC(=O)Nc5cccnc5)cc4)ncc3F)cc2nc1C. The number of pyridine rings is 1. The lowest BCUT2D eigenvalue weighted by Gasteiger charge is -2.10. The number of benzene rings is 2. The van der Waals surface area contributed by atoms with E-state index in [9.17, 15) is 9.18 Å². The van der Waals surface area contributed by atoms with Crippen LogP contribution in [0.15, 0.2) is 73.2 Å². The Kier molecular flexibility index (Phi) is 6.14. The molecule has 0 aliphatic rings. The van der Waals surface area contributed by atoms with Crippen LogP contribution in [-0.4, -0.2) is 31.0 Å². The van der Waals surface area contributed by atoms with Gasteiger partial charge in [0.05, 0.1) is 40.5 Å². The maximum absolute atomic E-state index is 14.6. The molecule has 0 saturated heterocycles. The summed E-state index contributed by atoms with van der Waals surface area (Å²) in [7, 11) is 0. The summed E-state index contributed by atoms with van der Waals surface area (Å²) in [4.78, 5) is 33.6. The molecule has 0 fully saturated rings. The van der Waals surface area contributed by atoms with Crippen LogP contribution in [0.4, 0.5) is 32.2 Å². The number of hydrogen-bond acceptors (Lipinski definition) is 7. The summed E-state index contributed by atoms with van der Waals surface area (Å²) in [5.74, 6) is -0.316. The Balaban J connectivity index is 1.31. The van der Waals surface area contributed by atoms with Crippen LogP contribution in [0.2, 0.25) is 0 Å². The Hall–Kier alpha value is -4.99. The minimum atomic E-state index is -0.545. The molecule has 0 radical (unpaired) electrons. The first-order valence-electron chi connectivity index (χ1n) is 11.1. The van der Waals surface area contributed by atoms with Crippen LogP contribution < -0.4 is 16.0 Å². The van der Waals surface area contributed by atoms with Gasteiger partial charge in [-0.3, -0.25) is 4.98 Å². The van der Waals surface area contributed by atoms with Crippen LogP contribution in [0.5, 0.6) is 0 Å². The number of fused-ring (bicyclic) bond motifs is 1. The molecule has 5 aromatic rings. The van der Waals surface area contributed by atoms with Crippen molar-refractivity contribution in [2.75, 3.05) is 16.0 Å². The van der Waals surface area contributed by atoms with Crippen molar-refractivity contribution in [2.45, 2.75) is 13.8 Å². The Morgan fingerprint density at radius 2 is 1.53 bits per heavy atom. The third kappa shape index (κ3) is 5.07. The number of carbonyl (C=O) groups is 1. The predicted molar refractivity (Wildman–Crippen MR) is 137 cm³/mol. The number of nitrogens with zero attached hydrogens (tertiary/aromatic N) is 5. The average molecular weight is 481 g/mol. The number of nitrogens with one attached hydrogen (secondary N) is 3. The van der Waals surface area contributed by atoms with Gasteiger partial charge in [-0.2, -0.15) is 0 Å². The molecule has 10 heteroatoms. The van der Waals surface area contributed by atoms with Crippen molar-refractivity contribution >= 4 is 40.1 Å². The van der Waals surface area contributed by atoms with Crippen LogP contribution in [0.1, 0.15) is 11.4 Å². The van der Waals surface area contributed by atoms with E-state index in [-0.39, 0.29) is 17.7 Å². The van der Waals surface area contributed by atoms with E-state index in [4.69, 9.17) is 0 Å². The fourth-order valence-corrected chi connectivity index (χ4v) is 3.50. The summed E-state index contributed by atoms with van der Waals surface area (Å²) in [6.07, 6.45) is 4.30. The molecular formula is C26H21FN8O. The monoisotopic (exact) mass is 480 g/mol. The molecule has 2 aromatic carbocycles. The van der Waals surface area contributed by atoms with Crippen LogP contribution in [0, 0.1) is 19.7 Å². The van der Waals surface area contributed by atoms with E-state index in [0.717, 1.165) is 23.1 Å². The van der Waals surface area contributed by atoms with Gasteiger partial charge in [0, 0.05) is 23.1 Å². The molecular weight excluding hydrogens is 459 g/mol. The van der Waals surface area contributed by atoms with Gasteiger partial charge in [0.15, 0.2) is 5.82 Å². The summed E-state index contributed by atoms with van der Waals surface area (Å²) >= 11 is 0. The highest BCUT2D eigenvalue weighted by atomic mass is 19.1. The van der Waals surface area contributed by atoms with E-state index in [1.54, 1.807) is 67.0 Å². The zero-order chi connectivity index (χ0) is 25.1. The van der Waals surface area contributed by atoms with Crippen LogP contribution in [0.3, 0.4) is 0 Å². The van der Waals surface area contributed by atoms with Crippen LogP contribution >= 0.6 is 0 Å². The number of anilines is 4. The summed E-state index contributed by atoms with van der Waals surface area (Å²) in [5, 5.41) is 8.50. The second-order valence-corrected chi connectivity index (χ2v) is 8.01. The van der Waals surface area contributed by atoms with Crippen molar-refractivity contribution in [3.05, 3.63) is 90.4 Å². The number of carbonyl (C=O) groups excluding carboxylic acids is 1. The normalized spacial score (nSPS) is 10.8. The zero-order valence-electron chi connectivity index (χ0n) is 19.5. The topological polar surface area (TPSA) is 118 Å². The van der Waals surface area contributed by atoms with E-state index >= 15 is 0 Å². The smallest absolute Gasteiger partial charge is 0.323 e. The molecule has 2 amide bonds. The van der Waals surface area contributed by atoms with E-state index in [1.165, 1.54) is 0 Å². The van der Waals surface area contributed by atoms with Gasteiger partial charge in [-0.05, 0) is 62.4 Å². The lowest BCUT2D eigenvalue weighted by atomic mass is 10.1. The Labute approximate surface area is 205 Å². The van der Waals surface area contributed by atoms with Crippen molar-refractivity contribution in [1.29, 1.82) is 0 Å². The number of urea groups is 1. The quantitative estimate of drug-likeness (QED) is 0.299. The molecule has 0 aliphatic carbocycles. The molecule has 5 rings (SSSR count). The highest BCUT2D eigenvalue weighted by Gasteiger charge is 2.12. The molecule has 3 aromatic heterocycles. The van der Waals surface area contributed by atoms with E-state index in [1.807, 2.05) is 13.8 Å². The van der Waals surface area contributed by atoms with Crippen molar-refractivity contribution < 1.29 is 9.18 Å². The maximum Gasteiger partial charge on any atom is 0.323 e. The number of hydrogen-bond donors (Lipinski definition) is 3. The van der Waals surface area contributed by atoms with Crippen molar-refractivity contribution in [1.82, 2.24) is 24.9 Å². The van der Waals surface area contributed by atoms with Gasteiger partial charge in [-0.25, -0.2) is 29.1 Å². The average Bonchev–Trinajstić information content (AvgIpc) is 2.87. The highest BCUT2D eigenvalue weighted by molar-refractivity contribution is 5.99. The third-order valence-corrected chi connectivity index (χ3v) is 5.41. The number of rotatable bonds is 5. The minimum absolute atomic E-state index is 0.153. The standard InChI is InChI=1S/C26H21FN8O/c1-15-16(2)31-23-12-17(5-10-22(23)30-15)24-21(27)14-29-25(35-24)32-18-6-8-19(9-7-18)33-26(36)34-20-4-3-11-28-13-20/h3-14H,1-2H3,(H,29,32,35)(H2,33,34,36). The summed E-state index contributed by atoms with van der Waals surface area (Å²) in [6.45, 7) is 3.78. The molecule has 9 nitrogen and oxygen atoms in total. The molecule has 178 valence electrons.